The number of rotatable bonds is 9. The maximum absolute atomic E-state index is 10.3. The molecule has 0 fully saturated rings. The zero-order chi connectivity index (χ0) is 24.3. The molecule has 2 nitrogen and oxygen atoms in total. The Kier molecular flexibility index (Phi) is 12.5. The van der Waals surface area contributed by atoms with Gasteiger partial charge in [0.1, 0.15) is 11.5 Å². The Bertz CT molecular complexity index is 820. The van der Waals surface area contributed by atoms with Gasteiger partial charge in [0.05, 0.1) is 6.10 Å². The largest absolute Gasteiger partial charge is 0.507 e. The van der Waals surface area contributed by atoms with Crippen LogP contribution in [0.4, 0.5) is 0 Å². The maximum atomic E-state index is 10.3. The predicted octanol–water partition coefficient (Wildman–Crippen LogP) is 9.24. The summed E-state index contributed by atoms with van der Waals surface area (Å²) in [5, 5.41) is 10.3. The van der Waals surface area contributed by atoms with Gasteiger partial charge in [0.25, 0.3) is 0 Å². The third-order valence-corrected chi connectivity index (χ3v) is 6.45. The molecule has 0 saturated heterocycles. The monoisotopic (exact) mass is 440 g/mol. The van der Waals surface area contributed by atoms with Crippen molar-refractivity contribution in [1.29, 1.82) is 0 Å². The minimum Gasteiger partial charge on any atom is -0.507 e. The van der Waals surface area contributed by atoms with E-state index in [1.807, 2.05) is 27.7 Å². The van der Waals surface area contributed by atoms with Gasteiger partial charge in [0.15, 0.2) is 0 Å². The first-order valence-corrected chi connectivity index (χ1v) is 12.6. The summed E-state index contributed by atoms with van der Waals surface area (Å²) in [5.74, 6) is 1.46. The Balaban J connectivity index is 0.00000249. The third kappa shape index (κ3) is 8.52. The van der Waals surface area contributed by atoms with Crippen molar-refractivity contribution in [2.75, 3.05) is 0 Å². The van der Waals surface area contributed by atoms with Crippen LogP contribution in [0.5, 0.6) is 11.5 Å². The highest BCUT2D eigenvalue weighted by Crippen LogP contribution is 2.41. The number of aromatic hydroxyl groups is 1. The maximum Gasteiger partial charge on any atom is 0.126 e. The zero-order valence-corrected chi connectivity index (χ0v) is 22.3. The first kappa shape index (κ1) is 28.1. The number of phenols is 1. The minimum absolute atomic E-state index is 0.279. The first-order chi connectivity index (χ1) is 15.2. The van der Waals surface area contributed by atoms with Crippen LogP contribution in [-0.2, 0) is 6.42 Å². The van der Waals surface area contributed by atoms with E-state index in [1.54, 1.807) is 0 Å². The van der Waals surface area contributed by atoms with Gasteiger partial charge in [0, 0.05) is 5.56 Å². The molecule has 0 spiro atoms. The van der Waals surface area contributed by atoms with Crippen LogP contribution in [-0.4, -0.2) is 11.2 Å². The van der Waals surface area contributed by atoms with Crippen molar-refractivity contribution in [3.63, 3.8) is 0 Å². The van der Waals surface area contributed by atoms with Crippen LogP contribution in [0.15, 0.2) is 34.9 Å². The molecule has 1 heterocycles. The summed E-state index contributed by atoms with van der Waals surface area (Å²) in [4.78, 5) is 0. The molecular formula is C30H48O2. The number of phenolic OH excluding ortho intramolecular Hbond substituents is 1. The number of fused-ring (bicyclic) bond motifs is 1. The molecule has 1 unspecified atom stereocenters. The second-order valence-electron chi connectivity index (χ2n) is 9.35. The fraction of sp³-hybridized carbons (Fsp3) is 0.600. The van der Waals surface area contributed by atoms with Crippen LogP contribution in [0.25, 0.3) is 0 Å². The quantitative estimate of drug-likeness (QED) is 0.388. The summed E-state index contributed by atoms with van der Waals surface area (Å²) in [5.41, 5.74) is 8.62. The van der Waals surface area contributed by atoms with Crippen molar-refractivity contribution in [1.82, 2.24) is 0 Å². The molecule has 1 aliphatic heterocycles. The van der Waals surface area contributed by atoms with Gasteiger partial charge in [-0.15, -0.1) is 0 Å². The Morgan fingerprint density at radius 2 is 1.41 bits per heavy atom. The van der Waals surface area contributed by atoms with Gasteiger partial charge < -0.3 is 9.84 Å². The number of hydrogen-bond acceptors (Lipinski definition) is 2. The summed E-state index contributed by atoms with van der Waals surface area (Å²) >= 11 is 0. The number of ether oxygens (including phenoxy) is 1. The summed E-state index contributed by atoms with van der Waals surface area (Å²) in [7, 11) is 0. The van der Waals surface area contributed by atoms with Crippen molar-refractivity contribution < 1.29 is 9.84 Å². The first-order valence-electron chi connectivity index (χ1n) is 12.6. The van der Waals surface area contributed by atoms with Crippen molar-refractivity contribution in [3.05, 3.63) is 57.2 Å². The van der Waals surface area contributed by atoms with Crippen molar-refractivity contribution in [2.24, 2.45) is 0 Å². The highest BCUT2D eigenvalue weighted by Gasteiger charge is 2.25. The van der Waals surface area contributed by atoms with Gasteiger partial charge in [-0.05, 0) is 117 Å². The SMILES string of the molecule is CC.CC(C)=CCC/C(C)=C/CC/C(C)=C/CCC1CCc2c(C)c(O)c(C)c(C)c2O1. The molecular weight excluding hydrogens is 392 g/mol. The molecule has 2 heteroatoms. The summed E-state index contributed by atoms with van der Waals surface area (Å²) in [6.45, 7) is 18.9. The Hall–Kier alpha value is -1.96. The lowest BCUT2D eigenvalue weighted by Gasteiger charge is -2.30. The van der Waals surface area contributed by atoms with Crippen molar-refractivity contribution >= 4 is 0 Å². The highest BCUT2D eigenvalue weighted by molar-refractivity contribution is 5.58. The lowest BCUT2D eigenvalue weighted by Crippen LogP contribution is -2.24. The minimum atomic E-state index is 0.279. The molecule has 0 saturated carbocycles. The average Bonchev–Trinajstić information content (AvgIpc) is 2.77. The smallest absolute Gasteiger partial charge is 0.126 e. The number of hydrogen-bond donors (Lipinski definition) is 1. The molecule has 0 aliphatic carbocycles. The van der Waals surface area contributed by atoms with E-state index < -0.39 is 0 Å². The average molecular weight is 441 g/mol. The Labute approximate surface area is 198 Å². The van der Waals surface area contributed by atoms with E-state index >= 15 is 0 Å². The van der Waals surface area contributed by atoms with Gasteiger partial charge in [-0.2, -0.15) is 0 Å². The Morgan fingerprint density at radius 3 is 2.00 bits per heavy atom. The van der Waals surface area contributed by atoms with Crippen LogP contribution in [0.2, 0.25) is 0 Å². The molecule has 1 atom stereocenters. The number of benzene rings is 1. The molecule has 1 aliphatic rings. The molecule has 1 aromatic rings. The summed E-state index contributed by atoms with van der Waals surface area (Å²) in [6, 6.07) is 0. The van der Waals surface area contributed by atoms with E-state index in [0.29, 0.717) is 5.75 Å². The third-order valence-electron chi connectivity index (χ3n) is 6.45. The molecule has 0 aromatic heterocycles. The lowest BCUT2D eigenvalue weighted by atomic mass is 9.90. The van der Waals surface area contributed by atoms with Crippen LogP contribution < -0.4 is 4.74 Å². The second-order valence-corrected chi connectivity index (χ2v) is 9.35. The summed E-state index contributed by atoms with van der Waals surface area (Å²) in [6.07, 6.45) is 16.2. The number of allylic oxidation sites excluding steroid dienone is 6. The molecule has 32 heavy (non-hydrogen) atoms. The topological polar surface area (TPSA) is 29.5 Å². The van der Waals surface area contributed by atoms with Gasteiger partial charge in [-0.1, -0.05) is 48.8 Å². The van der Waals surface area contributed by atoms with E-state index in [4.69, 9.17) is 4.74 Å². The van der Waals surface area contributed by atoms with Gasteiger partial charge in [-0.3, -0.25) is 0 Å². The van der Waals surface area contributed by atoms with Gasteiger partial charge >= 0.3 is 0 Å². The second kappa shape index (κ2) is 14.2. The van der Waals surface area contributed by atoms with E-state index in [-0.39, 0.29) is 6.10 Å². The predicted molar refractivity (Wildman–Crippen MR) is 141 cm³/mol. The zero-order valence-electron chi connectivity index (χ0n) is 22.3. The highest BCUT2D eigenvalue weighted by atomic mass is 16.5. The molecule has 0 radical (unpaired) electrons. The Morgan fingerprint density at radius 1 is 0.844 bits per heavy atom. The van der Waals surface area contributed by atoms with Gasteiger partial charge in [0.2, 0.25) is 0 Å². The van der Waals surface area contributed by atoms with E-state index in [0.717, 1.165) is 67.4 Å². The molecule has 2 rings (SSSR count). The van der Waals surface area contributed by atoms with Crippen molar-refractivity contribution in [3.8, 4) is 11.5 Å². The molecule has 180 valence electrons. The fourth-order valence-electron chi connectivity index (χ4n) is 4.22. The fourth-order valence-corrected chi connectivity index (χ4v) is 4.22. The molecule has 1 N–H and O–H groups in total. The van der Waals surface area contributed by atoms with Crippen LogP contribution in [0.3, 0.4) is 0 Å². The van der Waals surface area contributed by atoms with Gasteiger partial charge in [-0.25, -0.2) is 0 Å². The molecule has 0 bridgehead atoms. The standard InChI is InChI=1S/C28H42O2.C2H6/c1-19(2)11-8-12-20(3)13-9-14-21(4)15-10-16-25-17-18-26-24(7)27(29)22(5)23(6)28(26)30-25;1-2/h11,13,15,25,29H,8-10,12,14,16-18H2,1-7H3;1-2H3/b20-13+,21-15+;. The van der Waals surface area contributed by atoms with E-state index in [1.165, 1.54) is 28.7 Å². The molecule has 1 aromatic carbocycles. The van der Waals surface area contributed by atoms with E-state index in [9.17, 15) is 5.11 Å². The normalized spacial score (nSPS) is 16.0. The van der Waals surface area contributed by atoms with Crippen LogP contribution in [0, 0.1) is 20.8 Å². The van der Waals surface area contributed by atoms with Crippen LogP contribution in [0.1, 0.15) is 109 Å². The molecule has 0 amide bonds. The lowest BCUT2D eigenvalue weighted by molar-refractivity contribution is 0.163. The summed E-state index contributed by atoms with van der Waals surface area (Å²) < 4.78 is 6.37. The van der Waals surface area contributed by atoms with E-state index in [2.05, 4.69) is 52.8 Å². The van der Waals surface area contributed by atoms with Crippen LogP contribution >= 0.6 is 0 Å². The van der Waals surface area contributed by atoms with Crippen molar-refractivity contribution in [2.45, 2.75) is 120 Å².